The van der Waals surface area contributed by atoms with E-state index in [4.69, 9.17) is 23.2 Å². The first-order valence-electron chi connectivity index (χ1n) is 11.5. The summed E-state index contributed by atoms with van der Waals surface area (Å²) in [5.74, 6) is 0.734. The van der Waals surface area contributed by atoms with Crippen LogP contribution in [0.1, 0.15) is 28.8 Å². The van der Waals surface area contributed by atoms with Gasteiger partial charge >= 0.3 is 0 Å². The molecule has 4 nitrogen and oxygen atoms in total. The lowest BCUT2D eigenvalue weighted by molar-refractivity contribution is 0.0690. The fourth-order valence-electron chi connectivity index (χ4n) is 4.57. The number of amides is 1. The zero-order valence-electron chi connectivity index (χ0n) is 18.7. The van der Waals surface area contributed by atoms with E-state index in [0.29, 0.717) is 21.5 Å². The molecule has 0 bridgehead atoms. The highest BCUT2D eigenvalue weighted by atomic mass is 35.5. The van der Waals surface area contributed by atoms with Gasteiger partial charge in [-0.25, -0.2) is 0 Å². The molecule has 1 aromatic heterocycles. The van der Waals surface area contributed by atoms with E-state index in [1.54, 1.807) is 12.1 Å². The molecule has 172 valence electrons. The van der Waals surface area contributed by atoms with E-state index >= 15 is 0 Å². The van der Waals surface area contributed by atoms with Crippen LogP contribution in [0.3, 0.4) is 0 Å². The zero-order valence-corrected chi connectivity index (χ0v) is 20.2. The van der Waals surface area contributed by atoms with Crippen molar-refractivity contribution >= 4 is 29.1 Å². The minimum absolute atomic E-state index is 0.0976. The van der Waals surface area contributed by atoms with E-state index in [2.05, 4.69) is 40.5 Å². The molecule has 1 fully saturated rings. The molecule has 0 atom stereocenters. The molecule has 6 heteroatoms. The third kappa shape index (κ3) is 5.03. The molecule has 4 aromatic rings. The largest absolute Gasteiger partial charge is 0.339 e. The van der Waals surface area contributed by atoms with Gasteiger partial charge in [0.25, 0.3) is 5.91 Å². The number of piperidine rings is 1. The fraction of sp³-hybridized carbons (Fsp3) is 0.214. The molecular formula is C28H25Cl2N3O. The highest BCUT2D eigenvalue weighted by Crippen LogP contribution is 2.31. The Morgan fingerprint density at radius 3 is 2.38 bits per heavy atom. The van der Waals surface area contributed by atoms with E-state index in [0.717, 1.165) is 54.9 Å². The summed E-state index contributed by atoms with van der Waals surface area (Å²) in [7, 11) is 0. The van der Waals surface area contributed by atoms with Crippen molar-refractivity contribution in [2.45, 2.75) is 19.3 Å². The number of halogens is 2. The number of nitrogens with zero attached hydrogens (tertiary/aromatic N) is 2. The summed E-state index contributed by atoms with van der Waals surface area (Å²) >= 11 is 12.3. The second kappa shape index (κ2) is 10.0. The van der Waals surface area contributed by atoms with Gasteiger partial charge in [-0.3, -0.25) is 9.89 Å². The van der Waals surface area contributed by atoms with Crippen molar-refractivity contribution in [2.24, 2.45) is 5.92 Å². The first-order valence-corrected chi connectivity index (χ1v) is 12.3. The number of aromatic nitrogens is 2. The SMILES string of the molecule is O=C(c1ccc(-c2cc(-c3ccc(Cl)cc3Cl)[nH]n2)cc1)N1CCC(Cc2ccccc2)CC1. The van der Waals surface area contributed by atoms with Gasteiger partial charge in [0.1, 0.15) is 0 Å². The molecule has 1 amide bonds. The van der Waals surface area contributed by atoms with Crippen LogP contribution in [0.15, 0.2) is 78.9 Å². The van der Waals surface area contributed by atoms with E-state index in [9.17, 15) is 4.79 Å². The Balaban J connectivity index is 1.22. The predicted octanol–water partition coefficient (Wildman–Crippen LogP) is 7.15. The molecule has 1 aliphatic heterocycles. The van der Waals surface area contributed by atoms with Crippen LogP contribution in [0.5, 0.6) is 0 Å². The standard InChI is InChI=1S/C28H25Cl2N3O/c29-23-10-11-24(25(30)17-23)27-18-26(31-32-27)21-6-8-22(9-7-21)28(34)33-14-12-20(13-15-33)16-19-4-2-1-3-5-19/h1-11,17-18,20H,12-16H2,(H,31,32). The van der Waals surface area contributed by atoms with E-state index in [-0.39, 0.29) is 5.91 Å². The van der Waals surface area contributed by atoms with Crippen molar-refractivity contribution in [2.75, 3.05) is 13.1 Å². The fourth-order valence-corrected chi connectivity index (χ4v) is 5.08. The first kappa shape index (κ1) is 22.7. The van der Waals surface area contributed by atoms with E-state index in [1.165, 1.54) is 5.56 Å². The maximum Gasteiger partial charge on any atom is 0.253 e. The predicted molar refractivity (Wildman–Crippen MR) is 138 cm³/mol. The maximum atomic E-state index is 13.0. The van der Waals surface area contributed by atoms with Gasteiger partial charge in [-0.2, -0.15) is 5.10 Å². The average Bonchev–Trinajstić information content (AvgIpc) is 3.35. The monoisotopic (exact) mass is 489 g/mol. The summed E-state index contributed by atoms with van der Waals surface area (Å²) < 4.78 is 0. The van der Waals surface area contributed by atoms with Crippen molar-refractivity contribution in [1.82, 2.24) is 15.1 Å². The molecule has 2 heterocycles. The first-order chi connectivity index (χ1) is 16.6. The summed E-state index contributed by atoms with van der Waals surface area (Å²) in [6, 6.07) is 25.6. The molecule has 1 saturated heterocycles. The Labute approximate surface area is 209 Å². The highest BCUT2D eigenvalue weighted by Gasteiger charge is 2.24. The number of likely N-dealkylation sites (tertiary alicyclic amines) is 1. The molecule has 5 rings (SSSR count). The van der Waals surface area contributed by atoms with Crippen LogP contribution in [0.2, 0.25) is 10.0 Å². The van der Waals surface area contributed by atoms with Gasteiger partial charge in [-0.1, -0.05) is 65.7 Å². The second-order valence-electron chi connectivity index (χ2n) is 8.79. The normalized spacial score (nSPS) is 14.4. The van der Waals surface area contributed by atoms with Crippen LogP contribution in [0, 0.1) is 5.92 Å². The summed E-state index contributed by atoms with van der Waals surface area (Å²) in [5, 5.41) is 8.62. The van der Waals surface area contributed by atoms with Gasteiger partial charge in [0.2, 0.25) is 0 Å². The Kier molecular flexibility index (Phi) is 6.70. The van der Waals surface area contributed by atoms with Crippen molar-refractivity contribution in [3.63, 3.8) is 0 Å². The Morgan fingerprint density at radius 1 is 0.941 bits per heavy atom. The average molecular weight is 490 g/mol. The number of hydrogen-bond acceptors (Lipinski definition) is 2. The third-order valence-electron chi connectivity index (χ3n) is 6.50. The molecule has 1 aliphatic rings. The van der Waals surface area contributed by atoms with Crippen molar-refractivity contribution < 1.29 is 4.79 Å². The van der Waals surface area contributed by atoms with Crippen LogP contribution >= 0.6 is 23.2 Å². The summed E-state index contributed by atoms with van der Waals surface area (Å²) in [4.78, 5) is 15.0. The lowest BCUT2D eigenvalue weighted by Crippen LogP contribution is -2.38. The van der Waals surface area contributed by atoms with E-state index < -0.39 is 0 Å². The Hall–Kier alpha value is -3.08. The molecule has 0 saturated carbocycles. The number of H-pyrrole nitrogens is 1. The van der Waals surface area contributed by atoms with Crippen LogP contribution in [-0.2, 0) is 6.42 Å². The van der Waals surface area contributed by atoms with E-state index in [1.807, 2.05) is 41.3 Å². The summed E-state index contributed by atoms with van der Waals surface area (Å²) in [5.41, 5.74) is 5.47. The van der Waals surface area contributed by atoms with Crippen LogP contribution in [0.4, 0.5) is 0 Å². The van der Waals surface area contributed by atoms with Gasteiger partial charge in [-0.05, 0) is 67.1 Å². The molecule has 0 radical (unpaired) electrons. The molecule has 0 unspecified atom stereocenters. The van der Waals surface area contributed by atoms with Crippen LogP contribution < -0.4 is 0 Å². The molecule has 34 heavy (non-hydrogen) atoms. The quantitative estimate of drug-likeness (QED) is 0.323. The number of benzene rings is 3. The van der Waals surface area contributed by atoms with Crippen LogP contribution in [-0.4, -0.2) is 34.1 Å². The second-order valence-corrected chi connectivity index (χ2v) is 9.64. The number of hydrogen-bond donors (Lipinski definition) is 1. The number of aromatic amines is 1. The van der Waals surface area contributed by atoms with Crippen LogP contribution in [0.25, 0.3) is 22.5 Å². The molecule has 1 N–H and O–H groups in total. The molecular weight excluding hydrogens is 465 g/mol. The van der Waals surface area contributed by atoms with Crippen molar-refractivity contribution in [3.05, 3.63) is 100 Å². The number of nitrogens with one attached hydrogen (secondary N) is 1. The smallest absolute Gasteiger partial charge is 0.253 e. The van der Waals surface area contributed by atoms with Gasteiger partial charge in [0.05, 0.1) is 16.4 Å². The van der Waals surface area contributed by atoms with Gasteiger partial charge in [-0.15, -0.1) is 0 Å². The maximum absolute atomic E-state index is 13.0. The minimum Gasteiger partial charge on any atom is -0.339 e. The summed E-state index contributed by atoms with van der Waals surface area (Å²) in [6.45, 7) is 1.62. The van der Waals surface area contributed by atoms with Crippen molar-refractivity contribution in [3.8, 4) is 22.5 Å². The molecule has 0 aliphatic carbocycles. The molecule has 3 aromatic carbocycles. The Bertz CT molecular complexity index is 1280. The summed E-state index contributed by atoms with van der Waals surface area (Å²) in [6.07, 6.45) is 3.18. The Morgan fingerprint density at radius 2 is 1.68 bits per heavy atom. The van der Waals surface area contributed by atoms with Gasteiger partial charge in [0.15, 0.2) is 0 Å². The minimum atomic E-state index is 0.0976. The number of carbonyl (C=O) groups excluding carboxylic acids is 1. The topological polar surface area (TPSA) is 49.0 Å². The highest BCUT2D eigenvalue weighted by molar-refractivity contribution is 6.36. The zero-order chi connectivity index (χ0) is 23.5. The number of carbonyl (C=O) groups is 1. The molecule has 0 spiro atoms. The third-order valence-corrected chi connectivity index (χ3v) is 7.04. The number of rotatable bonds is 5. The van der Waals surface area contributed by atoms with Gasteiger partial charge < -0.3 is 4.90 Å². The lowest BCUT2D eigenvalue weighted by Gasteiger charge is -2.32. The van der Waals surface area contributed by atoms with Gasteiger partial charge in [0, 0.05) is 34.8 Å². The van der Waals surface area contributed by atoms with Crippen molar-refractivity contribution in [1.29, 1.82) is 0 Å². The lowest BCUT2D eigenvalue weighted by atomic mass is 9.90.